The number of aryl methyl sites for hydroxylation is 1. The molecule has 0 saturated carbocycles. The van der Waals surface area contributed by atoms with E-state index >= 15 is 0 Å². The summed E-state index contributed by atoms with van der Waals surface area (Å²) in [5, 5.41) is 2.11. The van der Waals surface area contributed by atoms with Crippen molar-refractivity contribution in [3.05, 3.63) is 52.0 Å². The van der Waals surface area contributed by atoms with Crippen molar-refractivity contribution < 1.29 is 8.42 Å². The Balaban J connectivity index is 1.63. The number of nitrogens with zero attached hydrogens (tertiary/aromatic N) is 3. The van der Waals surface area contributed by atoms with Gasteiger partial charge in [-0.05, 0) is 41.6 Å². The predicted molar refractivity (Wildman–Crippen MR) is 92.7 cm³/mol. The molecule has 3 heterocycles. The van der Waals surface area contributed by atoms with Gasteiger partial charge in [0.1, 0.15) is 0 Å². The maximum absolute atomic E-state index is 12.1. The Morgan fingerprint density at radius 2 is 2.00 bits per heavy atom. The minimum Gasteiger partial charge on any atom is -0.295 e. The van der Waals surface area contributed by atoms with Crippen LogP contribution in [0.15, 0.2) is 36.0 Å². The van der Waals surface area contributed by atoms with Crippen molar-refractivity contribution in [2.75, 3.05) is 19.3 Å². The third kappa shape index (κ3) is 3.98. The van der Waals surface area contributed by atoms with Crippen LogP contribution in [0.25, 0.3) is 0 Å². The Bertz CT molecular complexity index is 753. The summed E-state index contributed by atoms with van der Waals surface area (Å²) in [6, 6.07) is 5.91. The molecule has 0 radical (unpaired) electrons. The zero-order chi connectivity index (χ0) is 16.4. The van der Waals surface area contributed by atoms with Gasteiger partial charge in [0.2, 0.25) is 10.0 Å². The Labute approximate surface area is 141 Å². The molecule has 3 rings (SSSR count). The quantitative estimate of drug-likeness (QED) is 0.800. The number of rotatable bonds is 6. The second-order valence-corrected chi connectivity index (χ2v) is 8.97. The molecule has 7 heteroatoms. The van der Waals surface area contributed by atoms with Gasteiger partial charge in [-0.1, -0.05) is 0 Å². The van der Waals surface area contributed by atoms with Crippen LogP contribution in [-0.2, 0) is 23.1 Å². The average molecular weight is 351 g/mol. The molecule has 0 bridgehead atoms. The maximum atomic E-state index is 12.1. The molecule has 2 aromatic rings. The Kier molecular flexibility index (Phi) is 4.82. The molecule has 0 spiro atoms. The van der Waals surface area contributed by atoms with Crippen LogP contribution in [0.3, 0.4) is 0 Å². The van der Waals surface area contributed by atoms with E-state index in [1.54, 1.807) is 28.0 Å². The summed E-state index contributed by atoms with van der Waals surface area (Å²) in [5.41, 5.74) is 2.29. The van der Waals surface area contributed by atoms with Crippen LogP contribution >= 0.6 is 11.3 Å². The first-order valence-electron chi connectivity index (χ1n) is 7.54. The van der Waals surface area contributed by atoms with Gasteiger partial charge in [-0.25, -0.2) is 8.42 Å². The van der Waals surface area contributed by atoms with E-state index < -0.39 is 10.0 Å². The lowest BCUT2D eigenvalue weighted by atomic mass is 10.1. The van der Waals surface area contributed by atoms with E-state index in [1.165, 1.54) is 16.7 Å². The molecule has 23 heavy (non-hydrogen) atoms. The van der Waals surface area contributed by atoms with Crippen molar-refractivity contribution in [2.45, 2.75) is 26.1 Å². The maximum Gasteiger partial charge on any atom is 0.211 e. The topological polar surface area (TPSA) is 53.5 Å². The van der Waals surface area contributed by atoms with Crippen LogP contribution in [0.1, 0.15) is 16.0 Å². The predicted octanol–water partition coefficient (Wildman–Crippen LogP) is 2.10. The molecule has 0 atom stereocenters. The minimum absolute atomic E-state index is 0.0541. The highest BCUT2D eigenvalue weighted by atomic mass is 32.2. The summed E-state index contributed by atoms with van der Waals surface area (Å²) in [6.07, 6.45) is 4.69. The Morgan fingerprint density at radius 1 is 1.30 bits per heavy atom. The SMILES string of the molecule is Cc1ccsc1CN1CC(N(Cc2ccncc2)S(C)(=O)=O)C1. The van der Waals surface area contributed by atoms with E-state index in [0.717, 1.165) is 25.2 Å². The first kappa shape index (κ1) is 16.6. The van der Waals surface area contributed by atoms with E-state index in [-0.39, 0.29) is 6.04 Å². The lowest BCUT2D eigenvalue weighted by molar-refractivity contribution is 0.0706. The molecule has 0 unspecified atom stereocenters. The van der Waals surface area contributed by atoms with Gasteiger partial charge in [0, 0.05) is 43.4 Å². The molecule has 1 aliphatic rings. The first-order chi connectivity index (χ1) is 10.9. The summed E-state index contributed by atoms with van der Waals surface area (Å²) in [6.45, 7) is 5.02. The van der Waals surface area contributed by atoms with Crippen LogP contribution in [-0.4, -0.2) is 48.0 Å². The molecule has 1 saturated heterocycles. The van der Waals surface area contributed by atoms with Gasteiger partial charge in [-0.2, -0.15) is 4.31 Å². The van der Waals surface area contributed by atoms with E-state index in [0.29, 0.717) is 6.54 Å². The van der Waals surface area contributed by atoms with Gasteiger partial charge < -0.3 is 0 Å². The smallest absolute Gasteiger partial charge is 0.211 e. The van der Waals surface area contributed by atoms with Crippen molar-refractivity contribution in [1.29, 1.82) is 0 Å². The summed E-state index contributed by atoms with van der Waals surface area (Å²) in [5.74, 6) is 0. The third-order valence-corrected chi connectivity index (χ3v) is 6.48. The Hall–Kier alpha value is -1.28. The standard InChI is InChI=1S/C16H21N3O2S2/c1-13-5-8-22-16(13)12-18-10-15(11-18)19(23(2,20)21)9-14-3-6-17-7-4-14/h3-8,15H,9-12H2,1-2H3. The minimum atomic E-state index is -3.23. The summed E-state index contributed by atoms with van der Waals surface area (Å²) < 4.78 is 25.9. The first-order valence-corrected chi connectivity index (χ1v) is 10.3. The van der Waals surface area contributed by atoms with Crippen molar-refractivity contribution in [3.63, 3.8) is 0 Å². The summed E-state index contributed by atoms with van der Waals surface area (Å²) in [7, 11) is -3.23. The van der Waals surface area contributed by atoms with Gasteiger partial charge in [-0.3, -0.25) is 9.88 Å². The largest absolute Gasteiger partial charge is 0.295 e. The van der Waals surface area contributed by atoms with Crippen LogP contribution in [0.4, 0.5) is 0 Å². The lowest BCUT2D eigenvalue weighted by Gasteiger charge is -2.44. The number of sulfonamides is 1. The second-order valence-electron chi connectivity index (χ2n) is 6.04. The molecule has 1 aliphatic heterocycles. The molecule has 0 aliphatic carbocycles. The fourth-order valence-electron chi connectivity index (χ4n) is 2.81. The second kappa shape index (κ2) is 6.68. The normalized spacial score (nSPS) is 16.7. The zero-order valence-corrected chi connectivity index (χ0v) is 15.0. The molecular formula is C16H21N3O2S2. The van der Waals surface area contributed by atoms with Crippen molar-refractivity contribution >= 4 is 21.4 Å². The monoisotopic (exact) mass is 351 g/mol. The summed E-state index contributed by atoms with van der Waals surface area (Å²) in [4.78, 5) is 7.65. The van der Waals surface area contributed by atoms with Crippen molar-refractivity contribution in [3.8, 4) is 0 Å². The molecule has 1 fully saturated rings. The Morgan fingerprint density at radius 3 is 2.57 bits per heavy atom. The van der Waals surface area contributed by atoms with E-state index in [2.05, 4.69) is 28.3 Å². The van der Waals surface area contributed by atoms with E-state index in [9.17, 15) is 8.42 Å². The molecule has 0 aromatic carbocycles. The summed E-state index contributed by atoms with van der Waals surface area (Å²) >= 11 is 1.76. The van der Waals surface area contributed by atoms with Crippen LogP contribution < -0.4 is 0 Å². The van der Waals surface area contributed by atoms with Gasteiger partial charge in [0.15, 0.2) is 0 Å². The fourth-order valence-corrected chi connectivity index (χ4v) is 4.81. The lowest BCUT2D eigenvalue weighted by Crippen LogP contribution is -2.59. The number of likely N-dealkylation sites (tertiary alicyclic amines) is 1. The molecule has 2 aromatic heterocycles. The number of aromatic nitrogens is 1. The molecule has 0 amide bonds. The van der Waals surface area contributed by atoms with Crippen LogP contribution in [0.5, 0.6) is 0 Å². The zero-order valence-electron chi connectivity index (χ0n) is 13.3. The van der Waals surface area contributed by atoms with Crippen molar-refractivity contribution in [2.24, 2.45) is 0 Å². The van der Waals surface area contributed by atoms with Crippen LogP contribution in [0.2, 0.25) is 0 Å². The van der Waals surface area contributed by atoms with Crippen molar-refractivity contribution in [1.82, 2.24) is 14.2 Å². The van der Waals surface area contributed by atoms with Gasteiger partial charge in [0.25, 0.3) is 0 Å². The van der Waals surface area contributed by atoms with Crippen LogP contribution in [0, 0.1) is 6.92 Å². The molecule has 124 valence electrons. The third-order valence-electron chi connectivity index (χ3n) is 4.19. The molecule has 0 N–H and O–H groups in total. The molecular weight excluding hydrogens is 330 g/mol. The van der Waals surface area contributed by atoms with E-state index in [1.807, 2.05) is 12.1 Å². The van der Waals surface area contributed by atoms with Gasteiger partial charge in [0.05, 0.1) is 12.3 Å². The number of thiophene rings is 1. The van der Waals surface area contributed by atoms with Gasteiger partial charge >= 0.3 is 0 Å². The molecule has 5 nitrogen and oxygen atoms in total. The van der Waals surface area contributed by atoms with Gasteiger partial charge in [-0.15, -0.1) is 11.3 Å². The number of hydrogen-bond acceptors (Lipinski definition) is 5. The highest BCUT2D eigenvalue weighted by molar-refractivity contribution is 7.88. The fraction of sp³-hybridized carbons (Fsp3) is 0.438. The highest BCUT2D eigenvalue weighted by Crippen LogP contribution is 2.25. The number of pyridine rings is 1. The van der Waals surface area contributed by atoms with E-state index in [4.69, 9.17) is 0 Å². The average Bonchev–Trinajstić information content (AvgIpc) is 2.86. The highest BCUT2D eigenvalue weighted by Gasteiger charge is 2.36. The number of hydrogen-bond donors (Lipinski definition) is 0.